The summed E-state index contributed by atoms with van der Waals surface area (Å²) < 4.78 is 0. The van der Waals surface area contributed by atoms with E-state index in [9.17, 15) is 4.79 Å². The lowest BCUT2D eigenvalue weighted by Gasteiger charge is -2.27. The van der Waals surface area contributed by atoms with Crippen molar-refractivity contribution in [3.05, 3.63) is 29.3 Å². The zero-order chi connectivity index (χ0) is 15.6. The van der Waals surface area contributed by atoms with Crippen LogP contribution in [0.3, 0.4) is 0 Å². The Morgan fingerprint density at radius 3 is 2.50 bits per heavy atom. The second-order valence-electron chi connectivity index (χ2n) is 6.67. The molecule has 5 heteroatoms. The molecule has 1 amide bonds. The predicted octanol–water partition coefficient (Wildman–Crippen LogP) is 2.72. The Hall–Kier alpha value is -1.10. The normalized spacial score (nSPS) is 23.0. The number of likely N-dealkylation sites (tertiary alicyclic amines) is 1. The minimum atomic E-state index is -0.127. The number of anilines is 1. The van der Waals surface area contributed by atoms with E-state index in [2.05, 4.69) is 17.1 Å². The summed E-state index contributed by atoms with van der Waals surface area (Å²) in [7, 11) is 0. The van der Waals surface area contributed by atoms with Crippen LogP contribution in [-0.4, -0.2) is 36.5 Å². The van der Waals surface area contributed by atoms with E-state index < -0.39 is 0 Å². The summed E-state index contributed by atoms with van der Waals surface area (Å²) in [6.45, 7) is 10.7. The second-order valence-corrected chi connectivity index (χ2v) is 6.67. The number of aryl methyl sites for hydroxylation is 2. The van der Waals surface area contributed by atoms with Gasteiger partial charge in [0.1, 0.15) is 0 Å². The summed E-state index contributed by atoms with van der Waals surface area (Å²) in [4.78, 5) is 14.8. The number of carbonyl (C=O) groups excluding carboxylic acids is 1. The average Bonchev–Trinajstić information content (AvgIpc) is 2.85. The Kier molecular flexibility index (Phi) is 6.41. The molecule has 1 heterocycles. The lowest BCUT2D eigenvalue weighted by Crippen LogP contribution is -2.42. The van der Waals surface area contributed by atoms with Gasteiger partial charge in [0.25, 0.3) is 0 Å². The Bertz CT molecular complexity index is 514. The fourth-order valence-electron chi connectivity index (χ4n) is 2.96. The van der Waals surface area contributed by atoms with Gasteiger partial charge in [-0.25, -0.2) is 0 Å². The first-order valence-corrected chi connectivity index (χ1v) is 7.67. The Morgan fingerprint density at radius 2 is 2.00 bits per heavy atom. The van der Waals surface area contributed by atoms with E-state index in [-0.39, 0.29) is 29.8 Å². The lowest BCUT2D eigenvalue weighted by molar-refractivity contribution is -0.120. The molecule has 0 radical (unpaired) electrons. The maximum absolute atomic E-state index is 12.5. The number of nitrogens with zero attached hydrogens (tertiary/aromatic N) is 1. The number of rotatable bonds is 4. The fourth-order valence-corrected chi connectivity index (χ4v) is 2.96. The minimum Gasteiger partial charge on any atom is -0.330 e. The van der Waals surface area contributed by atoms with E-state index in [0.29, 0.717) is 6.54 Å². The van der Waals surface area contributed by atoms with Crippen molar-refractivity contribution in [2.75, 3.05) is 25.0 Å². The van der Waals surface area contributed by atoms with Gasteiger partial charge in [0.05, 0.1) is 6.04 Å². The quantitative estimate of drug-likeness (QED) is 0.895. The number of nitrogens with one attached hydrogen (secondary N) is 1. The first kappa shape index (κ1) is 18.9. The third-order valence-electron chi connectivity index (χ3n) is 4.74. The van der Waals surface area contributed by atoms with Crippen molar-refractivity contribution in [1.82, 2.24) is 4.90 Å². The van der Waals surface area contributed by atoms with Crippen molar-refractivity contribution in [1.29, 1.82) is 0 Å². The monoisotopic (exact) mass is 325 g/mol. The molecule has 124 valence electrons. The van der Waals surface area contributed by atoms with Crippen molar-refractivity contribution in [2.45, 2.75) is 40.2 Å². The van der Waals surface area contributed by atoms with Crippen molar-refractivity contribution >= 4 is 24.0 Å². The number of hydrogen-bond acceptors (Lipinski definition) is 3. The molecule has 1 aliphatic rings. The van der Waals surface area contributed by atoms with Crippen LogP contribution in [0.25, 0.3) is 0 Å². The molecular weight excluding hydrogens is 298 g/mol. The molecule has 22 heavy (non-hydrogen) atoms. The maximum atomic E-state index is 12.5. The molecule has 1 aromatic rings. The molecule has 2 rings (SSSR count). The molecule has 1 fully saturated rings. The van der Waals surface area contributed by atoms with Crippen LogP contribution in [0.1, 0.15) is 31.4 Å². The summed E-state index contributed by atoms with van der Waals surface area (Å²) in [5.41, 5.74) is 9.13. The van der Waals surface area contributed by atoms with Gasteiger partial charge in [-0.1, -0.05) is 25.1 Å². The topological polar surface area (TPSA) is 58.4 Å². The molecule has 3 N–H and O–H groups in total. The van der Waals surface area contributed by atoms with Crippen LogP contribution < -0.4 is 11.1 Å². The van der Waals surface area contributed by atoms with Crippen LogP contribution in [0, 0.1) is 19.3 Å². The van der Waals surface area contributed by atoms with Gasteiger partial charge in [0.15, 0.2) is 0 Å². The van der Waals surface area contributed by atoms with Gasteiger partial charge in [0.2, 0.25) is 5.91 Å². The molecule has 2 atom stereocenters. The van der Waals surface area contributed by atoms with Gasteiger partial charge < -0.3 is 11.1 Å². The molecule has 1 saturated heterocycles. The van der Waals surface area contributed by atoms with Gasteiger partial charge in [-0.2, -0.15) is 0 Å². The number of amides is 1. The van der Waals surface area contributed by atoms with Gasteiger partial charge in [-0.15, -0.1) is 12.4 Å². The molecular formula is C17H28ClN3O. The number of nitrogens with two attached hydrogens (primary N) is 1. The van der Waals surface area contributed by atoms with Gasteiger partial charge in [-0.3, -0.25) is 9.69 Å². The highest BCUT2D eigenvalue weighted by Gasteiger charge is 2.36. The summed E-state index contributed by atoms with van der Waals surface area (Å²) in [6, 6.07) is 5.93. The number of para-hydroxylation sites is 1. The van der Waals surface area contributed by atoms with E-state index >= 15 is 0 Å². The number of halogens is 1. The largest absolute Gasteiger partial charge is 0.330 e. The molecule has 0 spiro atoms. The fraction of sp³-hybridized carbons (Fsp3) is 0.588. The van der Waals surface area contributed by atoms with Crippen LogP contribution in [-0.2, 0) is 4.79 Å². The van der Waals surface area contributed by atoms with Gasteiger partial charge >= 0.3 is 0 Å². The third-order valence-corrected chi connectivity index (χ3v) is 4.74. The van der Waals surface area contributed by atoms with Gasteiger partial charge in [-0.05, 0) is 56.8 Å². The van der Waals surface area contributed by atoms with Crippen LogP contribution in [0.4, 0.5) is 5.69 Å². The molecule has 0 aromatic heterocycles. The molecule has 0 bridgehead atoms. The Labute approximate surface area is 139 Å². The molecule has 0 aliphatic carbocycles. The first-order valence-electron chi connectivity index (χ1n) is 7.67. The van der Waals surface area contributed by atoms with E-state index in [1.807, 2.05) is 39.0 Å². The van der Waals surface area contributed by atoms with Crippen LogP contribution >= 0.6 is 12.4 Å². The summed E-state index contributed by atoms with van der Waals surface area (Å²) in [5.74, 6) is 0.0636. The zero-order valence-corrected chi connectivity index (χ0v) is 14.8. The van der Waals surface area contributed by atoms with Crippen molar-refractivity contribution in [3.8, 4) is 0 Å². The van der Waals surface area contributed by atoms with Crippen LogP contribution in [0.5, 0.6) is 0 Å². The van der Waals surface area contributed by atoms with Crippen molar-refractivity contribution < 1.29 is 4.79 Å². The highest BCUT2D eigenvalue weighted by atomic mass is 35.5. The van der Waals surface area contributed by atoms with E-state index in [0.717, 1.165) is 36.3 Å². The molecule has 1 aliphatic heterocycles. The van der Waals surface area contributed by atoms with E-state index in [1.54, 1.807) is 0 Å². The highest BCUT2D eigenvalue weighted by Crippen LogP contribution is 2.30. The van der Waals surface area contributed by atoms with Crippen LogP contribution in [0.15, 0.2) is 18.2 Å². The highest BCUT2D eigenvalue weighted by molar-refractivity contribution is 5.95. The van der Waals surface area contributed by atoms with Crippen molar-refractivity contribution in [3.63, 3.8) is 0 Å². The van der Waals surface area contributed by atoms with Crippen LogP contribution in [0.2, 0.25) is 0 Å². The average molecular weight is 326 g/mol. The van der Waals surface area contributed by atoms with Gasteiger partial charge in [0, 0.05) is 12.2 Å². The standard InChI is InChI=1S/C17H27N3O.ClH/c1-12-6-5-7-13(2)15(12)19-16(21)14(3)20-9-8-17(4,10-18)11-20;/h5-7,14H,8-11,18H2,1-4H3,(H,19,21);1H. The first-order chi connectivity index (χ1) is 9.86. The second kappa shape index (κ2) is 7.44. The molecule has 4 nitrogen and oxygen atoms in total. The van der Waals surface area contributed by atoms with E-state index in [1.165, 1.54) is 0 Å². The number of carbonyl (C=O) groups is 1. The maximum Gasteiger partial charge on any atom is 0.241 e. The molecule has 1 aromatic carbocycles. The SMILES string of the molecule is Cc1cccc(C)c1NC(=O)C(C)N1CCC(C)(CN)C1.Cl. The summed E-state index contributed by atoms with van der Waals surface area (Å²) in [5, 5.41) is 3.09. The molecule has 0 saturated carbocycles. The summed E-state index contributed by atoms with van der Waals surface area (Å²) in [6.07, 6.45) is 1.06. The lowest BCUT2D eigenvalue weighted by atomic mass is 9.90. The minimum absolute atomic E-state index is 0. The predicted molar refractivity (Wildman–Crippen MR) is 94.6 cm³/mol. The number of hydrogen-bond donors (Lipinski definition) is 2. The third kappa shape index (κ3) is 4.00. The van der Waals surface area contributed by atoms with Crippen molar-refractivity contribution in [2.24, 2.45) is 11.1 Å². The zero-order valence-electron chi connectivity index (χ0n) is 14.0. The summed E-state index contributed by atoms with van der Waals surface area (Å²) >= 11 is 0. The Balaban J connectivity index is 0.00000242. The molecule has 2 unspecified atom stereocenters. The number of benzene rings is 1. The smallest absolute Gasteiger partial charge is 0.241 e. The van der Waals surface area contributed by atoms with E-state index in [4.69, 9.17) is 5.73 Å². The Morgan fingerprint density at radius 1 is 1.41 bits per heavy atom.